The first-order valence-electron chi connectivity index (χ1n) is 4.38. The van der Waals surface area contributed by atoms with Crippen LogP contribution >= 0.6 is 0 Å². The standard InChI is InChI=1S/C11H8O3/c12-10-4-2-7-1-3-9-8(5-6-13-9)11(7)14-10/h1-6,10,12H. The fourth-order valence-corrected chi connectivity index (χ4v) is 1.64. The second kappa shape index (κ2) is 2.62. The summed E-state index contributed by atoms with van der Waals surface area (Å²) in [7, 11) is 0. The Balaban J connectivity index is 2.34. The monoisotopic (exact) mass is 188 g/mol. The Hall–Kier alpha value is -1.74. The average molecular weight is 188 g/mol. The summed E-state index contributed by atoms with van der Waals surface area (Å²) < 4.78 is 10.5. The Morgan fingerprint density at radius 3 is 3.07 bits per heavy atom. The van der Waals surface area contributed by atoms with Gasteiger partial charge in [-0.1, -0.05) is 0 Å². The van der Waals surface area contributed by atoms with E-state index in [1.165, 1.54) is 0 Å². The van der Waals surface area contributed by atoms with E-state index in [2.05, 4.69) is 0 Å². The molecule has 3 heteroatoms. The number of fused-ring (bicyclic) bond motifs is 3. The zero-order valence-corrected chi connectivity index (χ0v) is 7.31. The normalized spacial score (nSPS) is 19.4. The van der Waals surface area contributed by atoms with E-state index >= 15 is 0 Å². The Morgan fingerprint density at radius 2 is 2.14 bits per heavy atom. The molecule has 0 radical (unpaired) electrons. The van der Waals surface area contributed by atoms with E-state index in [4.69, 9.17) is 9.15 Å². The molecule has 3 rings (SSSR count). The van der Waals surface area contributed by atoms with E-state index in [1.54, 1.807) is 12.3 Å². The highest BCUT2D eigenvalue weighted by Gasteiger charge is 2.15. The molecular formula is C11H8O3. The van der Waals surface area contributed by atoms with Crippen molar-refractivity contribution < 1.29 is 14.3 Å². The molecule has 0 amide bonds. The highest BCUT2D eigenvalue weighted by molar-refractivity contribution is 5.88. The maximum atomic E-state index is 9.31. The zero-order chi connectivity index (χ0) is 9.54. The third-order valence-corrected chi connectivity index (χ3v) is 2.30. The summed E-state index contributed by atoms with van der Waals surface area (Å²) in [5, 5.41) is 10.2. The quantitative estimate of drug-likeness (QED) is 0.688. The van der Waals surface area contributed by atoms with Gasteiger partial charge < -0.3 is 14.3 Å². The van der Waals surface area contributed by atoms with Crippen LogP contribution in [-0.2, 0) is 0 Å². The molecule has 0 aliphatic carbocycles. The third-order valence-electron chi connectivity index (χ3n) is 2.30. The van der Waals surface area contributed by atoms with Crippen molar-refractivity contribution in [3.05, 3.63) is 36.1 Å². The summed E-state index contributed by atoms with van der Waals surface area (Å²) in [6.45, 7) is 0. The summed E-state index contributed by atoms with van der Waals surface area (Å²) in [5.74, 6) is 0.686. The first-order chi connectivity index (χ1) is 6.84. The molecule has 2 heterocycles. The molecule has 1 atom stereocenters. The van der Waals surface area contributed by atoms with Crippen LogP contribution in [0.3, 0.4) is 0 Å². The first kappa shape index (κ1) is 7.64. The molecule has 0 saturated heterocycles. The summed E-state index contributed by atoms with van der Waals surface area (Å²) in [5.41, 5.74) is 1.73. The van der Waals surface area contributed by atoms with Gasteiger partial charge in [-0.3, -0.25) is 0 Å². The minimum atomic E-state index is -0.858. The van der Waals surface area contributed by atoms with Gasteiger partial charge in [-0.15, -0.1) is 0 Å². The molecule has 0 bridgehead atoms. The second-order valence-electron chi connectivity index (χ2n) is 3.18. The lowest BCUT2D eigenvalue weighted by Gasteiger charge is -2.17. The Labute approximate surface area is 80.2 Å². The number of aliphatic hydroxyl groups is 1. The lowest BCUT2D eigenvalue weighted by molar-refractivity contribution is 0.0244. The molecule has 1 N–H and O–H groups in total. The van der Waals surface area contributed by atoms with Crippen LogP contribution in [0.15, 0.2) is 35.0 Å². The number of hydrogen-bond acceptors (Lipinski definition) is 3. The first-order valence-corrected chi connectivity index (χ1v) is 4.38. The number of hydrogen-bond donors (Lipinski definition) is 1. The fraction of sp³-hybridized carbons (Fsp3) is 0.0909. The number of ether oxygens (including phenoxy) is 1. The summed E-state index contributed by atoms with van der Waals surface area (Å²) in [6, 6.07) is 5.63. The van der Waals surface area contributed by atoms with Crippen LogP contribution in [0.25, 0.3) is 17.0 Å². The van der Waals surface area contributed by atoms with Crippen LogP contribution in [0.4, 0.5) is 0 Å². The summed E-state index contributed by atoms with van der Waals surface area (Å²) in [4.78, 5) is 0. The average Bonchev–Trinajstić information content (AvgIpc) is 2.65. The van der Waals surface area contributed by atoms with Crippen molar-refractivity contribution in [1.29, 1.82) is 0 Å². The highest BCUT2D eigenvalue weighted by atomic mass is 16.6. The number of benzene rings is 1. The smallest absolute Gasteiger partial charge is 0.217 e. The van der Waals surface area contributed by atoms with Crippen molar-refractivity contribution in [2.75, 3.05) is 0 Å². The van der Waals surface area contributed by atoms with Crippen molar-refractivity contribution in [1.82, 2.24) is 0 Å². The highest BCUT2D eigenvalue weighted by Crippen LogP contribution is 2.34. The zero-order valence-electron chi connectivity index (χ0n) is 7.31. The summed E-state index contributed by atoms with van der Waals surface area (Å²) in [6.07, 6.45) is 4.20. The van der Waals surface area contributed by atoms with Crippen LogP contribution < -0.4 is 4.74 Å². The van der Waals surface area contributed by atoms with Gasteiger partial charge in [0, 0.05) is 5.56 Å². The minimum absolute atomic E-state index is 0.686. The Kier molecular flexibility index (Phi) is 1.43. The van der Waals surface area contributed by atoms with Gasteiger partial charge in [-0.2, -0.15) is 0 Å². The van der Waals surface area contributed by atoms with Crippen molar-refractivity contribution in [3.63, 3.8) is 0 Å². The molecule has 1 aliphatic rings. The van der Waals surface area contributed by atoms with Crippen molar-refractivity contribution in [2.24, 2.45) is 0 Å². The van der Waals surface area contributed by atoms with Crippen molar-refractivity contribution in [2.45, 2.75) is 6.29 Å². The number of rotatable bonds is 0. The molecule has 1 aliphatic heterocycles. The Bertz CT molecular complexity index is 510. The van der Waals surface area contributed by atoms with Crippen molar-refractivity contribution >= 4 is 17.0 Å². The van der Waals surface area contributed by atoms with Gasteiger partial charge in [-0.25, -0.2) is 0 Å². The molecule has 0 saturated carbocycles. The molecule has 1 aromatic heterocycles. The minimum Gasteiger partial charge on any atom is -0.464 e. The third kappa shape index (κ3) is 0.961. The van der Waals surface area contributed by atoms with Gasteiger partial charge >= 0.3 is 0 Å². The van der Waals surface area contributed by atoms with Crippen LogP contribution in [0, 0.1) is 0 Å². The molecule has 2 aromatic rings. The maximum Gasteiger partial charge on any atom is 0.217 e. The van der Waals surface area contributed by atoms with Gasteiger partial charge in [0.05, 0.1) is 11.6 Å². The van der Waals surface area contributed by atoms with E-state index in [1.807, 2.05) is 24.3 Å². The van der Waals surface area contributed by atoms with E-state index in [0.29, 0.717) is 5.75 Å². The lowest BCUT2D eigenvalue weighted by Crippen LogP contribution is -2.15. The lowest BCUT2D eigenvalue weighted by atomic mass is 10.1. The molecule has 0 fully saturated rings. The van der Waals surface area contributed by atoms with Gasteiger partial charge in [0.25, 0.3) is 0 Å². The predicted molar refractivity (Wildman–Crippen MR) is 51.9 cm³/mol. The van der Waals surface area contributed by atoms with E-state index in [9.17, 15) is 5.11 Å². The topological polar surface area (TPSA) is 42.6 Å². The maximum absolute atomic E-state index is 9.31. The van der Waals surface area contributed by atoms with Crippen LogP contribution in [0.5, 0.6) is 5.75 Å². The molecular weight excluding hydrogens is 180 g/mol. The van der Waals surface area contributed by atoms with Gasteiger partial charge in [-0.05, 0) is 30.4 Å². The van der Waals surface area contributed by atoms with E-state index < -0.39 is 6.29 Å². The number of furan rings is 1. The van der Waals surface area contributed by atoms with Crippen molar-refractivity contribution in [3.8, 4) is 5.75 Å². The molecule has 3 nitrogen and oxygen atoms in total. The van der Waals surface area contributed by atoms with Gasteiger partial charge in [0.15, 0.2) is 0 Å². The Morgan fingerprint density at radius 1 is 1.21 bits per heavy atom. The SMILES string of the molecule is OC1C=Cc2ccc3occc3c2O1. The number of aliphatic hydroxyl groups excluding tert-OH is 1. The predicted octanol–water partition coefficient (Wildman–Crippen LogP) is 2.16. The van der Waals surface area contributed by atoms with Gasteiger partial charge in [0.2, 0.25) is 6.29 Å². The molecule has 14 heavy (non-hydrogen) atoms. The second-order valence-corrected chi connectivity index (χ2v) is 3.18. The largest absolute Gasteiger partial charge is 0.464 e. The van der Waals surface area contributed by atoms with Gasteiger partial charge in [0.1, 0.15) is 11.3 Å². The van der Waals surface area contributed by atoms with Crippen LogP contribution in [0.1, 0.15) is 5.56 Å². The van der Waals surface area contributed by atoms with Crippen LogP contribution in [-0.4, -0.2) is 11.4 Å². The molecule has 1 unspecified atom stereocenters. The van der Waals surface area contributed by atoms with E-state index in [0.717, 1.165) is 16.5 Å². The fourth-order valence-electron chi connectivity index (χ4n) is 1.64. The molecule has 0 spiro atoms. The molecule has 70 valence electrons. The summed E-state index contributed by atoms with van der Waals surface area (Å²) >= 11 is 0. The van der Waals surface area contributed by atoms with Crippen LogP contribution in [0.2, 0.25) is 0 Å². The van der Waals surface area contributed by atoms with E-state index in [-0.39, 0.29) is 0 Å². The molecule has 1 aromatic carbocycles.